The number of rotatable bonds is 2. The summed E-state index contributed by atoms with van der Waals surface area (Å²) in [6.45, 7) is 6.31. The van der Waals surface area contributed by atoms with Crippen LogP contribution in [0.2, 0.25) is 0 Å². The second-order valence-corrected chi connectivity index (χ2v) is 4.02. The summed E-state index contributed by atoms with van der Waals surface area (Å²) in [5.74, 6) is 11.4. The Balaban J connectivity index is 1.70. The predicted octanol–water partition coefficient (Wildman–Crippen LogP) is -1.57. The Hall–Kier alpha value is -0.200. The van der Waals surface area contributed by atoms with E-state index in [1.54, 1.807) is 0 Å². The summed E-state index contributed by atoms with van der Waals surface area (Å²) < 4.78 is 0. The molecule has 0 bridgehead atoms. The molecule has 0 aromatic rings. The monoisotopic (exact) mass is 185 g/mol. The van der Waals surface area contributed by atoms with Crippen LogP contribution < -0.4 is 11.7 Å². The van der Waals surface area contributed by atoms with Gasteiger partial charge in [0.2, 0.25) is 0 Å². The van der Waals surface area contributed by atoms with Gasteiger partial charge in [-0.3, -0.25) is 16.6 Å². The summed E-state index contributed by atoms with van der Waals surface area (Å²) in [5, 5.41) is 3.83. The Bertz CT molecular complexity index is 166. The molecule has 2 rings (SSSR count). The normalized spacial score (nSPS) is 33.2. The summed E-state index contributed by atoms with van der Waals surface area (Å²) in [4.78, 5) is 2.45. The highest BCUT2D eigenvalue weighted by molar-refractivity contribution is 4.83. The molecule has 2 fully saturated rings. The maximum Gasteiger partial charge on any atom is 0.0381 e. The Morgan fingerprint density at radius 3 is 2.15 bits per heavy atom. The van der Waals surface area contributed by atoms with Crippen LogP contribution in [0.1, 0.15) is 6.42 Å². The van der Waals surface area contributed by atoms with Crippen LogP contribution in [0, 0.1) is 0 Å². The molecule has 2 heterocycles. The molecule has 0 saturated carbocycles. The van der Waals surface area contributed by atoms with E-state index in [9.17, 15) is 0 Å². The average Bonchev–Trinajstić information content (AvgIpc) is 2.15. The third-order valence-corrected chi connectivity index (χ3v) is 3.07. The van der Waals surface area contributed by atoms with E-state index >= 15 is 0 Å². The SMILES string of the molecule is NN1CCN(CC2CCN2N)CC1. The van der Waals surface area contributed by atoms with E-state index in [0.29, 0.717) is 6.04 Å². The van der Waals surface area contributed by atoms with Gasteiger partial charge in [0.25, 0.3) is 0 Å². The van der Waals surface area contributed by atoms with Crippen molar-refractivity contribution in [2.75, 3.05) is 39.3 Å². The fraction of sp³-hybridized carbons (Fsp3) is 1.00. The molecule has 4 N–H and O–H groups in total. The van der Waals surface area contributed by atoms with Crippen LogP contribution in [0.25, 0.3) is 0 Å². The van der Waals surface area contributed by atoms with Crippen molar-refractivity contribution in [1.82, 2.24) is 14.9 Å². The van der Waals surface area contributed by atoms with Gasteiger partial charge in [-0.15, -0.1) is 0 Å². The first-order chi connectivity index (χ1) is 6.25. The quantitative estimate of drug-likeness (QED) is 0.509. The van der Waals surface area contributed by atoms with Crippen molar-refractivity contribution in [3.05, 3.63) is 0 Å². The number of nitrogens with zero attached hydrogens (tertiary/aromatic N) is 3. The van der Waals surface area contributed by atoms with Crippen LogP contribution in [-0.2, 0) is 0 Å². The van der Waals surface area contributed by atoms with Crippen molar-refractivity contribution in [2.45, 2.75) is 12.5 Å². The lowest BCUT2D eigenvalue weighted by Crippen LogP contribution is -2.59. The molecule has 1 unspecified atom stereocenters. The Morgan fingerprint density at radius 2 is 1.69 bits per heavy atom. The second-order valence-electron chi connectivity index (χ2n) is 4.02. The van der Waals surface area contributed by atoms with Crippen LogP contribution in [-0.4, -0.2) is 60.2 Å². The minimum absolute atomic E-state index is 0.587. The summed E-state index contributed by atoms with van der Waals surface area (Å²) in [5.41, 5.74) is 0. The van der Waals surface area contributed by atoms with Gasteiger partial charge >= 0.3 is 0 Å². The van der Waals surface area contributed by atoms with Crippen LogP contribution in [0.15, 0.2) is 0 Å². The molecule has 76 valence electrons. The van der Waals surface area contributed by atoms with E-state index in [2.05, 4.69) is 4.90 Å². The second kappa shape index (κ2) is 3.89. The maximum absolute atomic E-state index is 5.74. The fourth-order valence-electron chi connectivity index (χ4n) is 1.90. The summed E-state index contributed by atoms with van der Waals surface area (Å²) >= 11 is 0. The molecule has 1 atom stereocenters. The van der Waals surface area contributed by atoms with Crippen LogP contribution in [0.3, 0.4) is 0 Å². The lowest BCUT2D eigenvalue weighted by molar-refractivity contribution is 0.0375. The van der Waals surface area contributed by atoms with Gasteiger partial charge in [-0.25, -0.2) is 10.0 Å². The summed E-state index contributed by atoms with van der Waals surface area (Å²) in [6.07, 6.45) is 1.25. The third kappa shape index (κ3) is 2.18. The molecule has 0 aliphatic carbocycles. The molecule has 0 spiro atoms. The van der Waals surface area contributed by atoms with Gasteiger partial charge in [-0.05, 0) is 6.42 Å². The van der Waals surface area contributed by atoms with Crippen molar-refractivity contribution >= 4 is 0 Å². The maximum atomic E-state index is 5.74. The van der Waals surface area contributed by atoms with Crippen molar-refractivity contribution < 1.29 is 0 Å². The van der Waals surface area contributed by atoms with Crippen LogP contribution in [0.4, 0.5) is 0 Å². The highest BCUT2D eigenvalue weighted by Gasteiger charge is 2.27. The van der Waals surface area contributed by atoms with Gasteiger partial charge in [0.15, 0.2) is 0 Å². The minimum atomic E-state index is 0.587. The molecule has 5 nitrogen and oxygen atoms in total. The molecule has 13 heavy (non-hydrogen) atoms. The highest BCUT2D eigenvalue weighted by atomic mass is 15.5. The Kier molecular flexibility index (Phi) is 2.80. The average molecular weight is 185 g/mol. The van der Waals surface area contributed by atoms with Gasteiger partial charge in [-0.1, -0.05) is 0 Å². The topological polar surface area (TPSA) is 61.8 Å². The number of hydrazine groups is 2. The predicted molar refractivity (Wildman–Crippen MR) is 51.5 cm³/mol. The number of hydrogen-bond acceptors (Lipinski definition) is 5. The molecule has 2 aliphatic heterocycles. The van der Waals surface area contributed by atoms with Gasteiger partial charge in [0, 0.05) is 45.3 Å². The van der Waals surface area contributed by atoms with Crippen LogP contribution >= 0.6 is 0 Å². The largest absolute Gasteiger partial charge is 0.299 e. The van der Waals surface area contributed by atoms with Crippen molar-refractivity contribution in [2.24, 2.45) is 11.7 Å². The zero-order valence-corrected chi connectivity index (χ0v) is 8.02. The number of nitrogens with two attached hydrogens (primary N) is 2. The van der Waals surface area contributed by atoms with Crippen molar-refractivity contribution in [1.29, 1.82) is 0 Å². The Morgan fingerprint density at radius 1 is 1.00 bits per heavy atom. The molecular formula is C8H19N5. The molecule has 0 aromatic carbocycles. The summed E-state index contributed by atoms with van der Waals surface area (Å²) in [7, 11) is 0. The van der Waals surface area contributed by atoms with E-state index in [1.807, 2.05) is 10.0 Å². The van der Waals surface area contributed by atoms with E-state index in [0.717, 1.165) is 39.3 Å². The van der Waals surface area contributed by atoms with E-state index in [4.69, 9.17) is 11.7 Å². The third-order valence-electron chi connectivity index (χ3n) is 3.07. The van der Waals surface area contributed by atoms with E-state index in [1.165, 1.54) is 6.42 Å². The van der Waals surface area contributed by atoms with E-state index in [-0.39, 0.29) is 0 Å². The highest BCUT2D eigenvalue weighted by Crippen LogP contribution is 2.14. The van der Waals surface area contributed by atoms with Gasteiger partial charge in [-0.2, -0.15) is 0 Å². The first kappa shape index (κ1) is 9.36. The molecule has 0 aromatic heterocycles. The van der Waals surface area contributed by atoms with Crippen molar-refractivity contribution in [3.8, 4) is 0 Å². The molecule has 2 saturated heterocycles. The molecule has 5 heteroatoms. The zero-order valence-electron chi connectivity index (χ0n) is 8.02. The smallest absolute Gasteiger partial charge is 0.0381 e. The number of hydrogen-bond donors (Lipinski definition) is 2. The Labute approximate surface area is 79.2 Å². The van der Waals surface area contributed by atoms with Crippen LogP contribution in [0.5, 0.6) is 0 Å². The molecule has 0 amide bonds. The van der Waals surface area contributed by atoms with E-state index < -0.39 is 0 Å². The molecular weight excluding hydrogens is 166 g/mol. The lowest BCUT2D eigenvalue weighted by Gasteiger charge is -2.42. The number of piperazine rings is 1. The molecule has 2 aliphatic rings. The first-order valence-electron chi connectivity index (χ1n) is 4.99. The fourth-order valence-corrected chi connectivity index (χ4v) is 1.90. The van der Waals surface area contributed by atoms with Crippen molar-refractivity contribution in [3.63, 3.8) is 0 Å². The van der Waals surface area contributed by atoms with Gasteiger partial charge in [0.1, 0.15) is 0 Å². The zero-order chi connectivity index (χ0) is 9.26. The first-order valence-corrected chi connectivity index (χ1v) is 4.99. The van der Waals surface area contributed by atoms with Gasteiger partial charge < -0.3 is 0 Å². The summed E-state index contributed by atoms with van der Waals surface area (Å²) in [6, 6.07) is 0.587. The standard InChI is InChI=1S/C8H19N5/c9-12-5-3-11(4-6-12)7-8-1-2-13(8)10/h8H,1-7,9-10H2. The minimum Gasteiger partial charge on any atom is -0.299 e. The molecule has 0 radical (unpaired) electrons. The van der Waals surface area contributed by atoms with Gasteiger partial charge in [0.05, 0.1) is 0 Å². The lowest BCUT2D eigenvalue weighted by atomic mass is 10.1.